The zero-order chi connectivity index (χ0) is 21.7. The number of rotatable bonds is 9. The summed E-state index contributed by atoms with van der Waals surface area (Å²) >= 11 is 0. The van der Waals surface area contributed by atoms with Gasteiger partial charge >= 0.3 is 0 Å². The third-order valence-corrected chi connectivity index (χ3v) is 6.16. The van der Waals surface area contributed by atoms with Crippen LogP contribution in [-0.2, 0) is 25.6 Å². The number of hydrogen-bond acceptors (Lipinski definition) is 6. The second-order valence-electron chi connectivity index (χ2n) is 7.81. The Morgan fingerprint density at radius 2 is 1.97 bits per heavy atom. The monoisotopic (exact) mass is 417 g/mol. The lowest BCUT2D eigenvalue weighted by atomic mass is 9.95. The third-order valence-electron chi connectivity index (χ3n) is 6.16. The fourth-order valence-corrected chi connectivity index (χ4v) is 4.51. The fourth-order valence-electron chi connectivity index (χ4n) is 4.51. The summed E-state index contributed by atoms with van der Waals surface area (Å²) in [5, 5.41) is 2.61. The van der Waals surface area contributed by atoms with Crippen molar-refractivity contribution in [2.24, 2.45) is 5.92 Å². The number of likely N-dealkylation sites (N-methyl/N-ethyl adjacent to an activating group) is 1. The van der Waals surface area contributed by atoms with Gasteiger partial charge in [-0.15, -0.1) is 0 Å². The molecule has 1 unspecified atom stereocenters. The van der Waals surface area contributed by atoms with Gasteiger partial charge in [0.15, 0.2) is 6.29 Å². The van der Waals surface area contributed by atoms with Crippen molar-refractivity contribution in [1.29, 1.82) is 0 Å². The first kappa shape index (κ1) is 22.2. The van der Waals surface area contributed by atoms with E-state index < -0.39 is 6.04 Å². The fraction of sp³-hybridized carbons (Fsp3) is 0.591. The molecule has 2 aliphatic rings. The maximum absolute atomic E-state index is 12.9. The molecule has 1 saturated heterocycles. The van der Waals surface area contributed by atoms with Crippen molar-refractivity contribution in [2.45, 2.75) is 44.6 Å². The summed E-state index contributed by atoms with van der Waals surface area (Å²) in [5.74, 6) is -0.0298. The predicted octanol–water partition coefficient (Wildman–Crippen LogP) is 1.57. The number of amides is 2. The van der Waals surface area contributed by atoms with E-state index >= 15 is 0 Å². The number of nitrogens with one attached hydrogen (secondary N) is 1. The SMILES string of the molecule is CNC(=O)C(CCC=O)N1Cc2cc(N3CCC(C(OC)OC)CC3)ccc2C1=O. The number of hydrogen-bond donors (Lipinski definition) is 1. The van der Waals surface area contributed by atoms with E-state index in [0.29, 0.717) is 24.4 Å². The molecule has 0 aliphatic carbocycles. The molecular weight excluding hydrogens is 386 g/mol. The molecule has 1 fully saturated rings. The van der Waals surface area contributed by atoms with Gasteiger partial charge < -0.3 is 29.4 Å². The van der Waals surface area contributed by atoms with E-state index in [1.54, 1.807) is 26.2 Å². The molecule has 30 heavy (non-hydrogen) atoms. The smallest absolute Gasteiger partial charge is 0.255 e. The van der Waals surface area contributed by atoms with Crippen LogP contribution in [0.15, 0.2) is 18.2 Å². The van der Waals surface area contributed by atoms with Crippen LogP contribution in [0, 0.1) is 5.92 Å². The molecule has 0 spiro atoms. The van der Waals surface area contributed by atoms with Crippen molar-refractivity contribution < 1.29 is 23.9 Å². The minimum atomic E-state index is -0.640. The lowest BCUT2D eigenvalue weighted by molar-refractivity contribution is -0.141. The number of carbonyl (C=O) groups is 3. The van der Waals surface area contributed by atoms with E-state index in [1.807, 2.05) is 12.1 Å². The van der Waals surface area contributed by atoms with Gasteiger partial charge in [0.05, 0.1) is 0 Å². The maximum Gasteiger partial charge on any atom is 0.255 e. The minimum Gasteiger partial charge on any atom is -0.372 e. The van der Waals surface area contributed by atoms with Gasteiger partial charge in [0.25, 0.3) is 5.91 Å². The van der Waals surface area contributed by atoms with Gasteiger partial charge in [0.1, 0.15) is 12.3 Å². The van der Waals surface area contributed by atoms with E-state index in [4.69, 9.17) is 9.47 Å². The lowest BCUT2D eigenvalue weighted by Crippen LogP contribution is -2.46. The van der Waals surface area contributed by atoms with Gasteiger partial charge in [-0.25, -0.2) is 0 Å². The molecule has 8 heteroatoms. The highest BCUT2D eigenvalue weighted by Gasteiger charge is 2.36. The maximum atomic E-state index is 12.9. The lowest BCUT2D eigenvalue weighted by Gasteiger charge is -2.36. The van der Waals surface area contributed by atoms with Crippen LogP contribution in [0.5, 0.6) is 0 Å². The number of carbonyl (C=O) groups excluding carboxylic acids is 3. The number of methoxy groups -OCH3 is 2. The number of anilines is 1. The van der Waals surface area contributed by atoms with Crippen molar-refractivity contribution >= 4 is 23.8 Å². The Balaban J connectivity index is 1.71. The number of fused-ring (bicyclic) bond motifs is 1. The third kappa shape index (κ3) is 4.49. The van der Waals surface area contributed by atoms with E-state index in [-0.39, 0.29) is 24.5 Å². The summed E-state index contributed by atoms with van der Waals surface area (Å²) in [6, 6.07) is 5.25. The highest BCUT2D eigenvalue weighted by Crippen LogP contribution is 2.32. The normalized spacial score (nSPS) is 17.9. The molecule has 2 heterocycles. The van der Waals surface area contributed by atoms with Crippen LogP contribution in [0.4, 0.5) is 5.69 Å². The van der Waals surface area contributed by atoms with Crippen LogP contribution in [0.25, 0.3) is 0 Å². The van der Waals surface area contributed by atoms with Crippen LogP contribution in [0.2, 0.25) is 0 Å². The summed E-state index contributed by atoms with van der Waals surface area (Å²) < 4.78 is 10.8. The first-order valence-electron chi connectivity index (χ1n) is 10.4. The van der Waals surface area contributed by atoms with Gasteiger partial charge in [0, 0.05) is 64.5 Å². The average molecular weight is 418 g/mol. The highest BCUT2D eigenvalue weighted by molar-refractivity contribution is 6.01. The Morgan fingerprint density at radius 3 is 2.57 bits per heavy atom. The Kier molecular flexibility index (Phi) is 7.44. The van der Waals surface area contributed by atoms with Crippen molar-refractivity contribution in [3.8, 4) is 0 Å². The van der Waals surface area contributed by atoms with Crippen molar-refractivity contribution in [1.82, 2.24) is 10.2 Å². The van der Waals surface area contributed by atoms with E-state index in [2.05, 4.69) is 16.3 Å². The van der Waals surface area contributed by atoms with Gasteiger partial charge in [-0.2, -0.15) is 0 Å². The molecule has 1 atom stereocenters. The van der Waals surface area contributed by atoms with Gasteiger partial charge in [-0.05, 0) is 43.0 Å². The Bertz CT molecular complexity index is 772. The zero-order valence-electron chi connectivity index (χ0n) is 17.9. The van der Waals surface area contributed by atoms with Gasteiger partial charge in [0.2, 0.25) is 5.91 Å². The number of ether oxygens (including phenoxy) is 2. The quantitative estimate of drug-likeness (QED) is 0.485. The summed E-state index contributed by atoms with van der Waals surface area (Å²) in [4.78, 5) is 39.9. The van der Waals surface area contributed by atoms with Crippen LogP contribution in [0.1, 0.15) is 41.6 Å². The molecule has 0 radical (unpaired) electrons. The van der Waals surface area contributed by atoms with Crippen LogP contribution in [-0.4, -0.2) is 69.7 Å². The summed E-state index contributed by atoms with van der Waals surface area (Å²) in [5.41, 5.74) is 2.64. The molecule has 0 aromatic heterocycles. The van der Waals surface area contributed by atoms with E-state index in [1.165, 1.54) is 0 Å². The molecule has 0 saturated carbocycles. The molecule has 2 amide bonds. The molecule has 2 aliphatic heterocycles. The Labute approximate surface area is 177 Å². The van der Waals surface area contributed by atoms with Crippen LogP contribution >= 0.6 is 0 Å². The van der Waals surface area contributed by atoms with Crippen LogP contribution < -0.4 is 10.2 Å². The predicted molar refractivity (Wildman–Crippen MR) is 112 cm³/mol. The second-order valence-corrected chi connectivity index (χ2v) is 7.81. The first-order chi connectivity index (χ1) is 14.5. The number of benzene rings is 1. The molecular formula is C22H31N3O5. The molecule has 8 nitrogen and oxygen atoms in total. The number of nitrogens with zero attached hydrogens (tertiary/aromatic N) is 2. The molecule has 1 N–H and O–H groups in total. The Morgan fingerprint density at radius 1 is 1.27 bits per heavy atom. The first-order valence-corrected chi connectivity index (χ1v) is 10.4. The van der Waals surface area contributed by atoms with Crippen LogP contribution in [0.3, 0.4) is 0 Å². The molecule has 1 aromatic rings. The van der Waals surface area contributed by atoms with E-state index in [9.17, 15) is 14.4 Å². The van der Waals surface area contributed by atoms with Crippen molar-refractivity contribution in [2.75, 3.05) is 39.3 Å². The standard InChI is InChI=1S/C22H31N3O5/c1-23-20(27)19(5-4-12-26)25-14-16-13-17(6-7-18(16)21(25)28)24-10-8-15(9-11-24)22(29-2)30-3/h6-7,12-13,15,19,22H,4-5,8-11,14H2,1-3H3,(H,23,27). The van der Waals surface area contributed by atoms with Gasteiger partial charge in [-0.1, -0.05) is 0 Å². The topological polar surface area (TPSA) is 88.2 Å². The summed E-state index contributed by atoms with van der Waals surface area (Å²) in [6.45, 7) is 2.17. The molecule has 3 rings (SSSR count). The molecule has 164 valence electrons. The average Bonchev–Trinajstić information content (AvgIpc) is 3.10. The van der Waals surface area contributed by atoms with Gasteiger partial charge in [-0.3, -0.25) is 9.59 Å². The zero-order valence-corrected chi connectivity index (χ0v) is 17.9. The second kappa shape index (κ2) is 10.0. The Hall–Kier alpha value is -2.45. The van der Waals surface area contributed by atoms with E-state index in [0.717, 1.165) is 43.5 Å². The number of aldehydes is 1. The molecule has 1 aromatic carbocycles. The molecule has 0 bridgehead atoms. The largest absolute Gasteiger partial charge is 0.372 e. The number of piperidine rings is 1. The summed E-state index contributed by atoms with van der Waals surface area (Å²) in [6.07, 6.45) is 3.11. The highest BCUT2D eigenvalue weighted by atomic mass is 16.7. The van der Waals surface area contributed by atoms with Crippen molar-refractivity contribution in [3.05, 3.63) is 29.3 Å². The van der Waals surface area contributed by atoms with Crippen molar-refractivity contribution in [3.63, 3.8) is 0 Å². The minimum absolute atomic E-state index is 0.155. The summed E-state index contributed by atoms with van der Waals surface area (Å²) in [7, 11) is 4.89.